The molecule has 0 aliphatic rings. The number of hydrogen-bond acceptors (Lipinski definition) is 1. The van der Waals surface area contributed by atoms with Gasteiger partial charge in [0.1, 0.15) is 5.82 Å². The number of hydrogen-bond donors (Lipinski definition) is 1. The minimum atomic E-state index is -0.218. The molecule has 17 heavy (non-hydrogen) atoms. The van der Waals surface area contributed by atoms with Crippen LogP contribution in [0.1, 0.15) is 16.7 Å². The van der Waals surface area contributed by atoms with Gasteiger partial charge in [0.25, 0.3) is 0 Å². The van der Waals surface area contributed by atoms with Crippen LogP contribution in [0.4, 0.5) is 10.1 Å². The van der Waals surface area contributed by atoms with Gasteiger partial charge in [-0.2, -0.15) is 0 Å². The molecule has 2 aromatic carbocycles. The first-order valence-corrected chi connectivity index (χ1v) is 5.63. The van der Waals surface area contributed by atoms with E-state index in [4.69, 9.17) is 5.73 Å². The van der Waals surface area contributed by atoms with E-state index in [9.17, 15) is 4.39 Å². The molecule has 0 heterocycles. The van der Waals surface area contributed by atoms with Crippen LogP contribution in [0.15, 0.2) is 30.3 Å². The second-order valence-electron chi connectivity index (χ2n) is 4.43. The second kappa shape index (κ2) is 4.21. The first kappa shape index (κ1) is 11.6. The van der Waals surface area contributed by atoms with E-state index in [1.165, 1.54) is 17.7 Å². The lowest BCUT2D eigenvalue weighted by molar-refractivity contribution is 0.628. The first-order chi connectivity index (χ1) is 8.00. The molecule has 0 aliphatic heterocycles. The lowest BCUT2D eigenvalue weighted by Crippen LogP contribution is -1.98. The highest BCUT2D eigenvalue weighted by Gasteiger charge is 2.10. The van der Waals surface area contributed by atoms with Crippen LogP contribution in [0.3, 0.4) is 0 Å². The van der Waals surface area contributed by atoms with Gasteiger partial charge in [0.05, 0.1) is 0 Å². The second-order valence-corrected chi connectivity index (χ2v) is 4.43. The van der Waals surface area contributed by atoms with E-state index < -0.39 is 0 Å². The topological polar surface area (TPSA) is 26.0 Å². The first-order valence-electron chi connectivity index (χ1n) is 5.63. The van der Waals surface area contributed by atoms with Gasteiger partial charge in [-0.1, -0.05) is 18.2 Å². The summed E-state index contributed by atoms with van der Waals surface area (Å²) in [6.07, 6.45) is 0. The van der Waals surface area contributed by atoms with Crippen molar-refractivity contribution >= 4 is 5.69 Å². The van der Waals surface area contributed by atoms with Gasteiger partial charge in [-0.05, 0) is 60.7 Å². The zero-order valence-electron chi connectivity index (χ0n) is 10.3. The molecule has 0 aliphatic carbocycles. The number of halogens is 1. The highest BCUT2D eigenvalue weighted by Crippen LogP contribution is 2.32. The van der Waals surface area contributed by atoms with Crippen LogP contribution in [0.25, 0.3) is 11.1 Å². The van der Waals surface area contributed by atoms with E-state index >= 15 is 0 Å². The number of benzene rings is 2. The quantitative estimate of drug-likeness (QED) is 0.735. The van der Waals surface area contributed by atoms with Crippen molar-refractivity contribution in [1.82, 2.24) is 0 Å². The Balaban J connectivity index is 2.67. The fourth-order valence-corrected chi connectivity index (χ4v) is 2.26. The third kappa shape index (κ3) is 2.03. The molecule has 0 unspecified atom stereocenters. The molecule has 0 radical (unpaired) electrons. The molecule has 88 valence electrons. The summed E-state index contributed by atoms with van der Waals surface area (Å²) in [5, 5.41) is 0. The van der Waals surface area contributed by atoms with Gasteiger partial charge < -0.3 is 5.73 Å². The van der Waals surface area contributed by atoms with Crippen molar-refractivity contribution in [2.24, 2.45) is 0 Å². The van der Waals surface area contributed by atoms with Crippen LogP contribution in [0.2, 0.25) is 0 Å². The fraction of sp³-hybridized carbons (Fsp3) is 0.200. The third-order valence-electron chi connectivity index (χ3n) is 3.16. The zero-order chi connectivity index (χ0) is 12.6. The maximum atomic E-state index is 12.9. The Morgan fingerprint density at radius 3 is 2.12 bits per heavy atom. The lowest BCUT2D eigenvalue weighted by Gasteiger charge is -2.14. The fourth-order valence-electron chi connectivity index (χ4n) is 2.26. The van der Waals surface area contributed by atoms with E-state index in [1.54, 1.807) is 12.1 Å². The van der Waals surface area contributed by atoms with E-state index in [-0.39, 0.29) is 5.82 Å². The number of nitrogens with two attached hydrogens (primary N) is 1. The van der Waals surface area contributed by atoms with Crippen molar-refractivity contribution in [3.05, 3.63) is 52.8 Å². The van der Waals surface area contributed by atoms with Crippen LogP contribution >= 0.6 is 0 Å². The largest absolute Gasteiger partial charge is 0.398 e. The summed E-state index contributed by atoms with van der Waals surface area (Å²) in [4.78, 5) is 0. The van der Waals surface area contributed by atoms with Gasteiger partial charge in [0.2, 0.25) is 0 Å². The molecule has 2 N–H and O–H groups in total. The summed E-state index contributed by atoms with van der Waals surface area (Å²) >= 11 is 0. The van der Waals surface area contributed by atoms with Crippen molar-refractivity contribution in [2.75, 3.05) is 5.73 Å². The lowest BCUT2D eigenvalue weighted by atomic mass is 9.92. The normalized spacial score (nSPS) is 10.6. The molecule has 0 amide bonds. The maximum Gasteiger partial charge on any atom is 0.123 e. The number of aryl methyl sites for hydroxylation is 2. The minimum absolute atomic E-state index is 0.218. The molecule has 0 fully saturated rings. The van der Waals surface area contributed by atoms with Gasteiger partial charge >= 0.3 is 0 Å². The van der Waals surface area contributed by atoms with Crippen LogP contribution in [0, 0.1) is 26.6 Å². The molecule has 2 rings (SSSR count). The summed E-state index contributed by atoms with van der Waals surface area (Å²) in [5.74, 6) is -0.218. The van der Waals surface area contributed by atoms with Gasteiger partial charge in [-0.3, -0.25) is 0 Å². The molecule has 0 spiro atoms. The Kier molecular flexibility index (Phi) is 2.88. The average Bonchev–Trinajstić information content (AvgIpc) is 2.29. The maximum absolute atomic E-state index is 12.9. The van der Waals surface area contributed by atoms with Crippen LogP contribution < -0.4 is 5.73 Å². The SMILES string of the molecule is Cc1cc(C)c(-c2ccc(F)cc2)c(C)c1N. The van der Waals surface area contributed by atoms with Crippen molar-refractivity contribution in [3.8, 4) is 11.1 Å². The van der Waals surface area contributed by atoms with Crippen molar-refractivity contribution in [1.29, 1.82) is 0 Å². The number of anilines is 1. The average molecular weight is 229 g/mol. The molecule has 0 bridgehead atoms. The Morgan fingerprint density at radius 1 is 0.941 bits per heavy atom. The number of nitrogen functional groups attached to an aromatic ring is 1. The molecule has 2 heteroatoms. The summed E-state index contributed by atoms with van der Waals surface area (Å²) in [7, 11) is 0. The van der Waals surface area contributed by atoms with E-state index in [0.29, 0.717) is 0 Å². The van der Waals surface area contributed by atoms with Crippen LogP contribution in [-0.2, 0) is 0 Å². The summed E-state index contributed by atoms with van der Waals surface area (Å²) in [6.45, 7) is 6.07. The summed E-state index contributed by atoms with van der Waals surface area (Å²) in [6, 6.07) is 8.61. The standard InChI is InChI=1S/C15H16FN/c1-9-8-10(2)15(17)11(3)14(9)12-4-6-13(16)7-5-12/h4-8H,17H2,1-3H3. The Hall–Kier alpha value is -1.83. The Bertz CT molecular complexity index is 556. The molecule has 0 aromatic heterocycles. The minimum Gasteiger partial charge on any atom is -0.398 e. The predicted molar refractivity (Wildman–Crippen MR) is 70.5 cm³/mol. The molecule has 1 nitrogen and oxygen atoms in total. The van der Waals surface area contributed by atoms with Crippen molar-refractivity contribution < 1.29 is 4.39 Å². The molecule has 0 saturated heterocycles. The van der Waals surface area contributed by atoms with Gasteiger partial charge in [0, 0.05) is 5.69 Å². The summed E-state index contributed by atoms with van der Waals surface area (Å²) in [5.41, 5.74) is 12.3. The highest BCUT2D eigenvalue weighted by molar-refractivity contribution is 5.77. The van der Waals surface area contributed by atoms with Crippen LogP contribution in [0.5, 0.6) is 0 Å². The van der Waals surface area contributed by atoms with Gasteiger partial charge in [-0.15, -0.1) is 0 Å². The zero-order valence-corrected chi connectivity index (χ0v) is 10.3. The van der Waals surface area contributed by atoms with Crippen LogP contribution in [-0.4, -0.2) is 0 Å². The Morgan fingerprint density at radius 2 is 1.53 bits per heavy atom. The molecular weight excluding hydrogens is 213 g/mol. The Labute approximate surface area is 101 Å². The van der Waals surface area contributed by atoms with Gasteiger partial charge in [0.15, 0.2) is 0 Å². The molecule has 2 aromatic rings. The number of rotatable bonds is 1. The molecule has 0 atom stereocenters. The predicted octanol–water partition coefficient (Wildman–Crippen LogP) is 4.00. The highest BCUT2D eigenvalue weighted by atomic mass is 19.1. The van der Waals surface area contributed by atoms with E-state index in [0.717, 1.165) is 27.9 Å². The van der Waals surface area contributed by atoms with Crippen molar-refractivity contribution in [3.63, 3.8) is 0 Å². The molecular formula is C15H16FN. The monoisotopic (exact) mass is 229 g/mol. The molecule has 0 saturated carbocycles. The smallest absolute Gasteiger partial charge is 0.123 e. The van der Waals surface area contributed by atoms with Gasteiger partial charge in [-0.25, -0.2) is 4.39 Å². The van der Waals surface area contributed by atoms with E-state index in [2.05, 4.69) is 13.0 Å². The summed E-state index contributed by atoms with van der Waals surface area (Å²) < 4.78 is 12.9. The third-order valence-corrected chi connectivity index (χ3v) is 3.16. The van der Waals surface area contributed by atoms with Crippen molar-refractivity contribution in [2.45, 2.75) is 20.8 Å². The van der Waals surface area contributed by atoms with E-state index in [1.807, 2.05) is 13.8 Å².